The van der Waals surface area contributed by atoms with Gasteiger partial charge in [-0.2, -0.15) is 0 Å². The molecule has 2 aromatic rings. The Morgan fingerprint density at radius 1 is 1.35 bits per heavy atom. The first-order valence-electron chi connectivity index (χ1n) is 8.34. The van der Waals surface area contributed by atoms with Gasteiger partial charge in [-0.05, 0) is 19.8 Å². The summed E-state index contributed by atoms with van der Waals surface area (Å²) in [7, 11) is 0. The van der Waals surface area contributed by atoms with Crippen LogP contribution in [0.4, 0.5) is 5.82 Å². The van der Waals surface area contributed by atoms with Gasteiger partial charge >= 0.3 is 0 Å². The third kappa shape index (κ3) is 2.59. The molecule has 0 radical (unpaired) electrons. The molecule has 2 aliphatic rings. The molecule has 0 aromatic carbocycles. The van der Waals surface area contributed by atoms with Gasteiger partial charge in [-0.15, -0.1) is 5.10 Å². The van der Waals surface area contributed by atoms with E-state index in [0.29, 0.717) is 6.61 Å². The fraction of sp³-hybridized carbons (Fsp3) is 0.625. The molecule has 0 N–H and O–H groups in total. The van der Waals surface area contributed by atoms with Crippen LogP contribution in [0.15, 0.2) is 12.4 Å². The number of ether oxygens (including phenoxy) is 1. The van der Waals surface area contributed by atoms with Crippen LogP contribution in [0.5, 0.6) is 0 Å². The van der Waals surface area contributed by atoms with Crippen LogP contribution in [0.2, 0.25) is 0 Å². The van der Waals surface area contributed by atoms with Crippen molar-refractivity contribution in [1.29, 1.82) is 0 Å². The average Bonchev–Trinajstić information content (AvgIpc) is 3.05. The molecule has 4 rings (SSSR count). The van der Waals surface area contributed by atoms with Gasteiger partial charge in [0.1, 0.15) is 11.6 Å². The number of anilines is 1. The summed E-state index contributed by atoms with van der Waals surface area (Å²) in [5.74, 6) is 1.90. The molecule has 7 nitrogen and oxygen atoms in total. The van der Waals surface area contributed by atoms with Crippen molar-refractivity contribution in [3.63, 3.8) is 0 Å². The standard InChI is InChI=1S/C16H22N6O/c1-3-4-12-7-17-11(2)19-16(12)21-6-5-15-14(9-21)22-13(10-23-15)8-18-20-22/h7-8,14-15H,3-6,9-10H2,1-2H3/t14-,15+/m0/s1. The Morgan fingerprint density at radius 2 is 2.26 bits per heavy atom. The molecule has 1 fully saturated rings. The summed E-state index contributed by atoms with van der Waals surface area (Å²) in [5, 5.41) is 8.32. The molecule has 2 aliphatic heterocycles. The average molecular weight is 314 g/mol. The number of piperidine rings is 1. The monoisotopic (exact) mass is 314 g/mol. The van der Waals surface area contributed by atoms with E-state index in [9.17, 15) is 0 Å². The molecule has 0 saturated carbocycles. The maximum Gasteiger partial charge on any atom is 0.135 e. The third-order valence-corrected chi connectivity index (χ3v) is 4.71. The number of aromatic nitrogens is 5. The van der Waals surface area contributed by atoms with E-state index in [2.05, 4.69) is 27.1 Å². The van der Waals surface area contributed by atoms with Crippen LogP contribution in [0.1, 0.15) is 42.9 Å². The van der Waals surface area contributed by atoms with E-state index < -0.39 is 0 Å². The van der Waals surface area contributed by atoms with Gasteiger partial charge in [0.05, 0.1) is 30.6 Å². The highest BCUT2D eigenvalue weighted by Crippen LogP contribution is 2.33. The van der Waals surface area contributed by atoms with Crippen molar-refractivity contribution in [2.45, 2.75) is 51.9 Å². The van der Waals surface area contributed by atoms with Crippen molar-refractivity contribution >= 4 is 5.82 Å². The number of nitrogens with zero attached hydrogens (tertiary/aromatic N) is 6. The number of fused-ring (bicyclic) bond motifs is 3. The van der Waals surface area contributed by atoms with Crippen molar-refractivity contribution in [2.75, 3.05) is 18.0 Å². The van der Waals surface area contributed by atoms with Gasteiger partial charge in [0, 0.05) is 24.8 Å². The normalized spacial score (nSPS) is 23.5. The van der Waals surface area contributed by atoms with Crippen molar-refractivity contribution < 1.29 is 4.74 Å². The highest BCUT2D eigenvalue weighted by molar-refractivity contribution is 5.47. The minimum absolute atomic E-state index is 0.208. The number of rotatable bonds is 3. The SMILES string of the molecule is CCCc1cnc(C)nc1N1CC[C@H]2OCc3cnnn3[C@H]2C1. The van der Waals surface area contributed by atoms with Crippen LogP contribution >= 0.6 is 0 Å². The first kappa shape index (κ1) is 14.6. The minimum atomic E-state index is 0.208. The molecule has 4 heterocycles. The van der Waals surface area contributed by atoms with Gasteiger partial charge in [-0.3, -0.25) is 0 Å². The van der Waals surface area contributed by atoms with Crippen LogP contribution in [0.25, 0.3) is 0 Å². The zero-order valence-electron chi connectivity index (χ0n) is 13.6. The van der Waals surface area contributed by atoms with Gasteiger partial charge in [-0.1, -0.05) is 18.6 Å². The number of hydrogen-bond donors (Lipinski definition) is 0. The van der Waals surface area contributed by atoms with Gasteiger partial charge in [0.2, 0.25) is 0 Å². The molecule has 0 unspecified atom stereocenters. The van der Waals surface area contributed by atoms with Crippen molar-refractivity contribution in [2.24, 2.45) is 0 Å². The summed E-state index contributed by atoms with van der Waals surface area (Å²) >= 11 is 0. The van der Waals surface area contributed by atoms with Crippen molar-refractivity contribution in [3.05, 3.63) is 29.5 Å². The van der Waals surface area contributed by atoms with Crippen molar-refractivity contribution in [3.8, 4) is 0 Å². The zero-order chi connectivity index (χ0) is 15.8. The molecule has 0 amide bonds. The van der Waals surface area contributed by atoms with Crippen LogP contribution < -0.4 is 4.90 Å². The molecule has 1 saturated heterocycles. The fourth-order valence-corrected chi connectivity index (χ4v) is 3.57. The topological polar surface area (TPSA) is 69.0 Å². The van der Waals surface area contributed by atoms with Gasteiger partial charge in [-0.25, -0.2) is 14.6 Å². The summed E-state index contributed by atoms with van der Waals surface area (Å²) in [6.45, 7) is 6.56. The van der Waals surface area contributed by atoms with Crippen LogP contribution in [0.3, 0.4) is 0 Å². The van der Waals surface area contributed by atoms with E-state index in [1.807, 2.05) is 17.8 Å². The summed E-state index contributed by atoms with van der Waals surface area (Å²) in [4.78, 5) is 11.5. The van der Waals surface area contributed by atoms with Crippen LogP contribution in [-0.2, 0) is 17.8 Å². The smallest absolute Gasteiger partial charge is 0.135 e. The summed E-state index contributed by atoms with van der Waals surface area (Å²) in [6, 6.07) is 0.208. The summed E-state index contributed by atoms with van der Waals surface area (Å²) < 4.78 is 8.03. The summed E-state index contributed by atoms with van der Waals surface area (Å²) in [5.41, 5.74) is 2.29. The van der Waals surface area contributed by atoms with E-state index in [1.165, 1.54) is 5.56 Å². The largest absolute Gasteiger partial charge is 0.370 e. The van der Waals surface area contributed by atoms with E-state index >= 15 is 0 Å². The Bertz CT molecular complexity index is 700. The molecular formula is C16H22N6O. The fourth-order valence-electron chi connectivity index (χ4n) is 3.57. The van der Waals surface area contributed by atoms with Gasteiger partial charge < -0.3 is 9.64 Å². The maximum atomic E-state index is 5.99. The quantitative estimate of drug-likeness (QED) is 0.858. The van der Waals surface area contributed by atoms with Gasteiger partial charge in [0.15, 0.2) is 0 Å². The first-order chi connectivity index (χ1) is 11.3. The second-order valence-electron chi connectivity index (χ2n) is 6.34. The first-order valence-corrected chi connectivity index (χ1v) is 8.34. The predicted molar refractivity (Wildman–Crippen MR) is 85.2 cm³/mol. The van der Waals surface area contributed by atoms with Crippen LogP contribution in [-0.4, -0.2) is 44.2 Å². The lowest BCUT2D eigenvalue weighted by Gasteiger charge is -2.41. The van der Waals surface area contributed by atoms with E-state index in [1.54, 1.807) is 6.20 Å². The number of hydrogen-bond acceptors (Lipinski definition) is 6. The second kappa shape index (κ2) is 5.88. The van der Waals surface area contributed by atoms with Gasteiger partial charge in [0.25, 0.3) is 0 Å². The van der Waals surface area contributed by atoms with E-state index in [4.69, 9.17) is 9.72 Å². The molecule has 2 atom stereocenters. The van der Waals surface area contributed by atoms with Crippen molar-refractivity contribution in [1.82, 2.24) is 25.0 Å². The Kier molecular flexibility index (Phi) is 3.72. The second-order valence-corrected chi connectivity index (χ2v) is 6.34. The molecule has 122 valence electrons. The lowest BCUT2D eigenvalue weighted by Crippen LogP contribution is -2.48. The molecular weight excluding hydrogens is 292 g/mol. The molecule has 0 bridgehead atoms. The Labute approximate surface area is 135 Å². The van der Waals surface area contributed by atoms with Crippen LogP contribution in [0, 0.1) is 6.92 Å². The minimum Gasteiger partial charge on any atom is -0.370 e. The number of aryl methyl sites for hydroxylation is 2. The highest BCUT2D eigenvalue weighted by atomic mass is 16.5. The molecule has 23 heavy (non-hydrogen) atoms. The lowest BCUT2D eigenvalue weighted by molar-refractivity contribution is -0.0373. The maximum absolute atomic E-state index is 5.99. The van der Waals surface area contributed by atoms with E-state index in [-0.39, 0.29) is 12.1 Å². The third-order valence-electron chi connectivity index (χ3n) is 4.71. The summed E-state index contributed by atoms with van der Waals surface area (Å²) in [6.07, 6.45) is 7.08. The van der Waals surface area contributed by atoms with E-state index in [0.717, 1.165) is 49.7 Å². The Hall–Kier alpha value is -2.02. The molecule has 7 heteroatoms. The molecule has 0 spiro atoms. The molecule has 0 aliphatic carbocycles. The Balaban J connectivity index is 1.64. The predicted octanol–water partition coefficient (Wildman–Crippen LogP) is 1.68. The Morgan fingerprint density at radius 3 is 3.13 bits per heavy atom. The zero-order valence-corrected chi connectivity index (χ0v) is 13.6. The highest BCUT2D eigenvalue weighted by Gasteiger charge is 2.37. The molecule has 2 aromatic heterocycles. The lowest BCUT2D eigenvalue weighted by atomic mass is 9.99.